The maximum atomic E-state index is 11.8. The Kier molecular flexibility index (Phi) is 5.26. The second-order valence-corrected chi connectivity index (χ2v) is 4.77. The lowest BCUT2D eigenvalue weighted by atomic mass is 9.97. The van der Waals surface area contributed by atoms with E-state index in [-0.39, 0.29) is 18.2 Å². The van der Waals surface area contributed by atoms with Crippen LogP contribution in [0.4, 0.5) is 0 Å². The first-order chi connectivity index (χ1) is 9.79. The van der Waals surface area contributed by atoms with Crippen molar-refractivity contribution in [1.29, 1.82) is 0 Å². The van der Waals surface area contributed by atoms with Gasteiger partial charge in [0.15, 0.2) is 5.76 Å². The van der Waals surface area contributed by atoms with Crippen molar-refractivity contribution in [2.24, 2.45) is 5.11 Å². The van der Waals surface area contributed by atoms with Gasteiger partial charge in [-0.2, -0.15) is 0 Å². The van der Waals surface area contributed by atoms with Gasteiger partial charge in [0, 0.05) is 11.5 Å². The monoisotopic (exact) mass is 274 g/mol. The number of nitrogens with zero attached hydrogens (tertiary/aromatic N) is 3. The van der Waals surface area contributed by atoms with Crippen LogP contribution in [0.2, 0.25) is 0 Å². The van der Waals surface area contributed by atoms with Crippen LogP contribution in [-0.2, 0) is 6.54 Å². The minimum Gasteiger partial charge on any atom is -0.456 e. The Morgan fingerprint density at radius 3 is 3.10 bits per heavy atom. The third-order valence-corrected chi connectivity index (χ3v) is 3.29. The largest absolute Gasteiger partial charge is 0.456 e. The minimum atomic E-state index is -0.228. The number of hydrogen-bond acceptors (Lipinski definition) is 3. The molecule has 6 heteroatoms. The van der Waals surface area contributed by atoms with Gasteiger partial charge in [-0.05, 0) is 49.8 Å². The molecule has 20 heavy (non-hydrogen) atoms. The smallest absolute Gasteiger partial charge is 0.287 e. The number of allylic oxidation sites excluding steroid dienone is 1. The molecule has 1 heterocycles. The van der Waals surface area contributed by atoms with E-state index < -0.39 is 0 Å². The van der Waals surface area contributed by atoms with Crippen LogP contribution in [0.25, 0.3) is 10.4 Å². The topological polar surface area (TPSA) is 91.0 Å². The average Bonchev–Trinajstić information content (AvgIpc) is 2.95. The van der Waals surface area contributed by atoms with E-state index in [0.29, 0.717) is 12.3 Å². The normalized spacial score (nSPS) is 14.3. The molecule has 0 saturated heterocycles. The highest BCUT2D eigenvalue weighted by atomic mass is 16.4. The Balaban J connectivity index is 1.77. The van der Waals surface area contributed by atoms with E-state index in [1.807, 2.05) is 0 Å². The van der Waals surface area contributed by atoms with Crippen molar-refractivity contribution in [1.82, 2.24) is 5.32 Å². The van der Waals surface area contributed by atoms with Crippen molar-refractivity contribution in [3.05, 3.63) is 45.7 Å². The molecule has 0 atom stereocenters. The number of hydrogen-bond donors (Lipinski definition) is 1. The molecule has 6 nitrogen and oxygen atoms in total. The molecule has 1 N–H and O–H groups in total. The maximum Gasteiger partial charge on any atom is 0.287 e. The summed E-state index contributed by atoms with van der Waals surface area (Å²) in [4.78, 5) is 14.5. The number of rotatable bonds is 6. The van der Waals surface area contributed by atoms with Gasteiger partial charge in [0.05, 0.1) is 6.54 Å². The highest BCUT2D eigenvalue weighted by Gasteiger charge is 2.11. The molecule has 2 rings (SSSR count). The molecule has 0 spiro atoms. The zero-order valence-corrected chi connectivity index (χ0v) is 11.3. The van der Waals surface area contributed by atoms with Gasteiger partial charge in [0.25, 0.3) is 5.91 Å². The lowest BCUT2D eigenvalue weighted by Gasteiger charge is -2.12. The van der Waals surface area contributed by atoms with Crippen molar-refractivity contribution in [2.45, 2.75) is 38.6 Å². The standard InChI is InChI=1S/C14H18N4O2/c15-18-17-10-12-6-7-13(20-12)14(19)16-9-8-11-4-2-1-3-5-11/h4,6-7H,1-3,5,8-10H2,(H,16,19). The molecule has 0 bridgehead atoms. The number of carbonyl (C=O) groups excluding carboxylic acids is 1. The fourth-order valence-electron chi connectivity index (χ4n) is 2.24. The summed E-state index contributed by atoms with van der Waals surface area (Å²) in [5.74, 6) is 0.516. The first kappa shape index (κ1) is 14.2. The van der Waals surface area contributed by atoms with Crippen LogP contribution >= 0.6 is 0 Å². The summed E-state index contributed by atoms with van der Waals surface area (Å²) in [5, 5.41) is 6.22. The lowest BCUT2D eigenvalue weighted by molar-refractivity contribution is 0.0924. The summed E-state index contributed by atoms with van der Waals surface area (Å²) in [6, 6.07) is 3.24. The van der Waals surface area contributed by atoms with E-state index in [1.165, 1.54) is 18.4 Å². The van der Waals surface area contributed by atoms with Crippen LogP contribution in [-0.4, -0.2) is 12.5 Å². The molecule has 0 saturated carbocycles. The molecule has 0 aromatic carbocycles. The molecule has 0 fully saturated rings. The third kappa shape index (κ3) is 4.17. The zero-order valence-electron chi connectivity index (χ0n) is 11.3. The number of furan rings is 1. The third-order valence-electron chi connectivity index (χ3n) is 3.29. The van der Waals surface area contributed by atoms with Gasteiger partial charge >= 0.3 is 0 Å². The van der Waals surface area contributed by atoms with E-state index in [9.17, 15) is 4.79 Å². The first-order valence-electron chi connectivity index (χ1n) is 6.85. The van der Waals surface area contributed by atoms with Gasteiger partial charge in [-0.1, -0.05) is 16.8 Å². The molecule has 1 amide bonds. The summed E-state index contributed by atoms with van der Waals surface area (Å²) < 4.78 is 5.30. The van der Waals surface area contributed by atoms with Gasteiger partial charge in [-0.25, -0.2) is 0 Å². The molecule has 1 aromatic rings. The van der Waals surface area contributed by atoms with E-state index in [2.05, 4.69) is 21.4 Å². The van der Waals surface area contributed by atoms with E-state index >= 15 is 0 Å². The molecule has 0 radical (unpaired) electrons. The first-order valence-corrected chi connectivity index (χ1v) is 6.85. The Morgan fingerprint density at radius 1 is 1.45 bits per heavy atom. The zero-order chi connectivity index (χ0) is 14.2. The Bertz CT molecular complexity index is 541. The van der Waals surface area contributed by atoms with Gasteiger partial charge in [0.2, 0.25) is 0 Å². The second kappa shape index (κ2) is 7.40. The van der Waals surface area contributed by atoms with Crippen molar-refractivity contribution >= 4 is 5.91 Å². The van der Waals surface area contributed by atoms with Crippen LogP contribution in [0.3, 0.4) is 0 Å². The van der Waals surface area contributed by atoms with E-state index in [0.717, 1.165) is 19.3 Å². The summed E-state index contributed by atoms with van der Waals surface area (Å²) >= 11 is 0. The van der Waals surface area contributed by atoms with Crippen molar-refractivity contribution in [2.75, 3.05) is 6.54 Å². The number of carbonyl (C=O) groups is 1. The van der Waals surface area contributed by atoms with Gasteiger partial charge in [0.1, 0.15) is 5.76 Å². The summed E-state index contributed by atoms with van der Waals surface area (Å²) in [7, 11) is 0. The highest BCUT2D eigenvalue weighted by Crippen LogP contribution is 2.19. The number of amides is 1. The predicted molar refractivity (Wildman–Crippen MR) is 75.1 cm³/mol. The molecule has 1 aromatic heterocycles. The molecular formula is C14H18N4O2. The molecule has 1 aliphatic carbocycles. The van der Waals surface area contributed by atoms with Crippen LogP contribution < -0.4 is 5.32 Å². The maximum absolute atomic E-state index is 11.8. The minimum absolute atomic E-state index is 0.122. The Labute approximate surface area is 117 Å². The number of nitrogens with one attached hydrogen (secondary N) is 1. The average molecular weight is 274 g/mol. The Morgan fingerprint density at radius 2 is 2.35 bits per heavy atom. The van der Waals surface area contributed by atoms with Crippen molar-refractivity contribution in [3.8, 4) is 0 Å². The fraction of sp³-hybridized carbons (Fsp3) is 0.500. The predicted octanol–water partition coefficient (Wildman–Crippen LogP) is 3.71. The fourth-order valence-corrected chi connectivity index (χ4v) is 2.24. The molecule has 106 valence electrons. The summed E-state index contributed by atoms with van der Waals surface area (Å²) in [6.07, 6.45) is 8.01. The van der Waals surface area contributed by atoms with Gasteiger partial charge in [-0.3, -0.25) is 4.79 Å². The molecule has 0 aliphatic heterocycles. The molecule has 1 aliphatic rings. The van der Waals surface area contributed by atoms with Gasteiger partial charge in [-0.15, -0.1) is 0 Å². The van der Waals surface area contributed by atoms with Gasteiger partial charge < -0.3 is 9.73 Å². The Hall–Kier alpha value is -2.20. The summed E-state index contributed by atoms with van der Waals surface area (Å²) in [5.41, 5.74) is 9.65. The SMILES string of the molecule is [N-]=[N+]=NCc1ccc(C(=O)NCCC2=CCCCC2)o1. The van der Waals surface area contributed by atoms with Crippen LogP contribution in [0.1, 0.15) is 48.4 Å². The van der Waals surface area contributed by atoms with Crippen molar-refractivity contribution in [3.63, 3.8) is 0 Å². The van der Waals surface area contributed by atoms with Crippen LogP contribution in [0.15, 0.2) is 33.3 Å². The second-order valence-electron chi connectivity index (χ2n) is 4.77. The molecular weight excluding hydrogens is 256 g/mol. The quantitative estimate of drug-likeness (QED) is 0.370. The van der Waals surface area contributed by atoms with Crippen LogP contribution in [0.5, 0.6) is 0 Å². The number of azide groups is 1. The molecule has 0 unspecified atom stereocenters. The highest BCUT2D eigenvalue weighted by molar-refractivity contribution is 5.91. The van der Waals surface area contributed by atoms with E-state index in [4.69, 9.17) is 9.95 Å². The van der Waals surface area contributed by atoms with Crippen molar-refractivity contribution < 1.29 is 9.21 Å². The van der Waals surface area contributed by atoms with Crippen LogP contribution in [0, 0.1) is 0 Å². The lowest BCUT2D eigenvalue weighted by Crippen LogP contribution is -2.24. The van der Waals surface area contributed by atoms with E-state index in [1.54, 1.807) is 12.1 Å². The summed E-state index contributed by atoms with van der Waals surface area (Å²) in [6.45, 7) is 0.744.